The van der Waals surface area contributed by atoms with Gasteiger partial charge in [0.15, 0.2) is 5.75 Å². The average Bonchev–Trinajstić information content (AvgIpc) is 2.34. The van der Waals surface area contributed by atoms with E-state index in [0.29, 0.717) is 0 Å². The summed E-state index contributed by atoms with van der Waals surface area (Å²) in [6.07, 6.45) is 2.89. The zero-order chi connectivity index (χ0) is 13.5. The van der Waals surface area contributed by atoms with Crippen LogP contribution < -0.4 is 9.47 Å². The Hall–Kier alpha value is -2.50. The molecule has 0 bridgehead atoms. The molecule has 1 aromatic rings. The number of aromatic hydroxyl groups is 1. The highest BCUT2D eigenvalue weighted by Crippen LogP contribution is 2.43. The minimum Gasteiger partial charge on any atom is -0.504 e. The van der Waals surface area contributed by atoms with Gasteiger partial charge in [-0.05, 0) is 6.07 Å². The van der Waals surface area contributed by atoms with Crippen molar-refractivity contribution in [3.63, 3.8) is 0 Å². The summed E-state index contributed by atoms with van der Waals surface area (Å²) in [6, 6.07) is 2.33. The number of nitro groups is 1. The van der Waals surface area contributed by atoms with Crippen molar-refractivity contribution in [2.75, 3.05) is 13.2 Å². The molecule has 1 rings (SSSR count). The number of ether oxygens (including phenoxy) is 2. The van der Waals surface area contributed by atoms with Crippen LogP contribution in [0.4, 0.5) is 5.69 Å². The first kappa shape index (κ1) is 13.6. The summed E-state index contributed by atoms with van der Waals surface area (Å²) in [4.78, 5) is 10.3. The lowest BCUT2D eigenvalue weighted by atomic mass is 10.2. The van der Waals surface area contributed by atoms with Crippen molar-refractivity contribution in [2.24, 2.45) is 0 Å². The Labute approximate surface area is 104 Å². The van der Waals surface area contributed by atoms with E-state index in [0.717, 1.165) is 6.07 Å². The largest absolute Gasteiger partial charge is 0.504 e. The molecular weight excluding hydrogens is 238 g/mol. The molecular formula is C12H13NO5. The number of hydrogen-bond acceptors (Lipinski definition) is 5. The van der Waals surface area contributed by atoms with Crippen LogP contribution in [-0.4, -0.2) is 23.2 Å². The maximum atomic E-state index is 10.9. The minimum atomic E-state index is -0.612. The number of benzene rings is 1. The summed E-state index contributed by atoms with van der Waals surface area (Å²) < 4.78 is 10.4. The monoisotopic (exact) mass is 251 g/mol. The van der Waals surface area contributed by atoms with Gasteiger partial charge in [-0.15, -0.1) is 0 Å². The van der Waals surface area contributed by atoms with E-state index in [4.69, 9.17) is 9.47 Å². The molecule has 0 fully saturated rings. The fourth-order valence-electron chi connectivity index (χ4n) is 1.25. The van der Waals surface area contributed by atoms with Crippen molar-refractivity contribution in [2.45, 2.75) is 0 Å². The zero-order valence-electron chi connectivity index (χ0n) is 9.67. The van der Waals surface area contributed by atoms with Crippen LogP contribution in [0.5, 0.6) is 17.2 Å². The van der Waals surface area contributed by atoms with E-state index in [1.165, 1.54) is 18.2 Å². The lowest BCUT2D eigenvalue weighted by molar-refractivity contribution is -0.385. The van der Waals surface area contributed by atoms with Gasteiger partial charge in [0.1, 0.15) is 13.2 Å². The summed E-state index contributed by atoms with van der Waals surface area (Å²) in [5, 5.41) is 20.5. The molecule has 0 saturated heterocycles. The van der Waals surface area contributed by atoms with E-state index < -0.39 is 4.92 Å². The van der Waals surface area contributed by atoms with Crippen LogP contribution in [0.3, 0.4) is 0 Å². The SMILES string of the molecule is C=CCOc1c(O)ccc([N+](=O)[O-])c1OCC=C. The summed E-state index contributed by atoms with van der Waals surface area (Å²) >= 11 is 0. The molecule has 0 heterocycles. The molecule has 96 valence electrons. The number of nitrogens with zero attached hydrogens (tertiary/aromatic N) is 1. The van der Waals surface area contributed by atoms with E-state index in [2.05, 4.69) is 13.2 Å². The van der Waals surface area contributed by atoms with Crippen LogP contribution in [0, 0.1) is 10.1 Å². The van der Waals surface area contributed by atoms with Gasteiger partial charge in [-0.25, -0.2) is 0 Å². The van der Waals surface area contributed by atoms with Crippen LogP contribution in [0.25, 0.3) is 0 Å². The summed E-state index contributed by atoms with van der Waals surface area (Å²) in [7, 11) is 0. The highest BCUT2D eigenvalue weighted by Gasteiger charge is 2.23. The standard InChI is InChI=1S/C12H13NO5/c1-3-7-17-11-9(13(15)16)5-6-10(14)12(11)18-8-4-2/h3-6,14H,1-2,7-8H2. The first-order chi connectivity index (χ1) is 8.61. The van der Waals surface area contributed by atoms with Gasteiger partial charge in [-0.2, -0.15) is 0 Å². The molecule has 0 aromatic heterocycles. The molecule has 1 N–H and O–H groups in total. The number of rotatable bonds is 7. The van der Waals surface area contributed by atoms with Crippen molar-refractivity contribution < 1.29 is 19.5 Å². The summed E-state index contributed by atoms with van der Waals surface area (Å²) in [5.41, 5.74) is -0.284. The number of phenolic OH excluding ortho intramolecular Hbond substituents is 1. The van der Waals surface area contributed by atoms with Gasteiger partial charge in [0.05, 0.1) is 4.92 Å². The fourth-order valence-corrected chi connectivity index (χ4v) is 1.25. The Kier molecular flexibility index (Phi) is 4.74. The third-order valence-corrected chi connectivity index (χ3v) is 1.96. The van der Waals surface area contributed by atoms with Gasteiger partial charge in [0.25, 0.3) is 0 Å². The van der Waals surface area contributed by atoms with Gasteiger partial charge in [-0.1, -0.05) is 25.3 Å². The Morgan fingerprint density at radius 3 is 2.28 bits per heavy atom. The van der Waals surface area contributed by atoms with Gasteiger partial charge < -0.3 is 14.6 Å². The van der Waals surface area contributed by atoms with Crippen LogP contribution in [0.1, 0.15) is 0 Å². The Bertz CT molecular complexity index is 470. The highest BCUT2D eigenvalue weighted by atomic mass is 16.6. The van der Waals surface area contributed by atoms with Crippen LogP contribution in [0.2, 0.25) is 0 Å². The van der Waals surface area contributed by atoms with Gasteiger partial charge in [-0.3, -0.25) is 10.1 Å². The number of nitro benzene ring substituents is 1. The zero-order valence-corrected chi connectivity index (χ0v) is 9.67. The predicted octanol–water partition coefficient (Wildman–Crippen LogP) is 2.43. The molecule has 0 aliphatic rings. The fraction of sp³-hybridized carbons (Fsp3) is 0.167. The first-order valence-electron chi connectivity index (χ1n) is 5.09. The van der Waals surface area contributed by atoms with Crippen molar-refractivity contribution >= 4 is 5.69 Å². The molecule has 0 spiro atoms. The van der Waals surface area contributed by atoms with Gasteiger partial charge in [0.2, 0.25) is 11.5 Å². The maximum absolute atomic E-state index is 10.9. The first-order valence-corrected chi connectivity index (χ1v) is 5.09. The van der Waals surface area contributed by atoms with Crippen molar-refractivity contribution in [3.8, 4) is 17.2 Å². The quantitative estimate of drug-likeness (QED) is 0.457. The maximum Gasteiger partial charge on any atom is 0.315 e. The average molecular weight is 251 g/mol. The van der Waals surface area contributed by atoms with E-state index in [1.807, 2.05) is 0 Å². The lowest BCUT2D eigenvalue weighted by Gasteiger charge is -2.12. The van der Waals surface area contributed by atoms with Gasteiger partial charge >= 0.3 is 5.69 Å². The van der Waals surface area contributed by atoms with Crippen LogP contribution in [0.15, 0.2) is 37.4 Å². The molecule has 0 radical (unpaired) electrons. The van der Waals surface area contributed by atoms with E-state index in [9.17, 15) is 15.2 Å². The second-order valence-corrected chi connectivity index (χ2v) is 3.22. The molecule has 6 nitrogen and oxygen atoms in total. The van der Waals surface area contributed by atoms with Crippen LogP contribution >= 0.6 is 0 Å². The van der Waals surface area contributed by atoms with Crippen molar-refractivity contribution in [1.82, 2.24) is 0 Å². The third kappa shape index (κ3) is 3.00. The molecule has 1 aromatic carbocycles. The second-order valence-electron chi connectivity index (χ2n) is 3.22. The van der Waals surface area contributed by atoms with Gasteiger partial charge in [0, 0.05) is 6.07 Å². The van der Waals surface area contributed by atoms with Crippen molar-refractivity contribution in [1.29, 1.82) is 0 Å². The van der Waals surface area contributed by atoms with Crippen LogP contribution in [-0.2, 0) is 0 Å². The molecule has 0 saturated carbocycles. The Balaban J connectivity index is 3.24. The van der Waals surface area contributed by atoms with E-state index >= 15 is 0 Å². The summed E-state index contributed by atoms with van der Waals surface area (Å²) in [5.74, 6) is -0.436. The molecule has 0 aliphatic carbocycles. The number of hydrogen-bond donors (Lipinski definition) is 1. The Morgan fingerprint density at radius 2 is 1.78 bits per heavy atom. The molecule has 0 atom stereocenters. The second kappa shape index (κ2) is 6.29. The number of phenols is 1. The smallest absolute Gasteiger partial charge is 0.315 e. The predicted molar refractivity (Wildman–Crippen MR) is 66.1 cm³/mol. The summed E-state index contributed by atoms with van der Waals surface area (Å²) in [6.45, 7) is 7.07. The Morgan fingerprint density at radius 1 is 1.22 bits per heavy atom. The molecule has 0 amide bonds. The molecule has 18 heavy (non-hydrogen) atoms. The highest BCUT2D eigenvalue weighted by molar-refractivity contribution is 5.62. The minimum absolute atomic E-state index is 0.0642. The molecule has 0 unspecified atom stereocenters. The van der Waals surface area contributed by atoms with E-state index in [-0.39, 0.29) is 36.1 Å². The normalized spacial score (nSPS) is 9.56. The van der Waals surface area contributed by atoms with E-state index in [1.54, 1.807) is 0 Å². The lowest BCUT2D eigenvalue weighted by Crippen LogP contribution is -2.03. The molecule has 0 aliphatic heterocycles. The molecule has 6 heteroatoms. The topological polar surface area (TPSA) is 81.8 Å². The third-order valence-electron chi connectivity index (χ3n) is 1.96. The van der Waals surface area contributed by atoms with Crippen molar-refractivity contribution in [3.05, 3.63) is 47.6 Å².